The average Bonchev–Trinajstić information content (AvgIpc) is 2.96. The number of cyclic esters (lactones) is 1. The number of nitrogens with zero attached hydrogens (tertiary/aromatic N) is 3. The Labute approximate surface area is 107 Å². The molecule has 2 heterocycles. The second-order valence-electron chi connectivity index (χ2n) is 5.50. The molecule has 1 aromatic heterocycles. The summed E-state index contributed by atoms with van der Waals surface area (Å²) in [5.41, 5.74) is 0. The Hall–Kier alpha value is -1.52. The van der Waals surface area contributed by atoms with Crippen LogP contribution in [-0.2, 0) is 11.3 Å². The SMILES string of the molecule is CC(C)[C@H]1COC(=O)N1Cc1nccn1C1CC1. The highest BCUT2D eigenvalue weighted by atomic mass is 16.6. The largest absolute Gasteiger partial charge is 0.447 e. The van der Waals surface area contributed by atoms with Gasteiger partial charge in [-0.1, -0.05) is 13.8 Å². The summed E-state index contributed by atoms with van der Waals surface area (Å²) in [7, 11) is 0. The molecular formula is C13H19N3O2. The second kappa shape index (κ2) is 4.30. The van der Waals surface area contributed by atoms with Gasteiger partial charge in [-0.05, 0) is 18.8 Å². The van der Waals surface area contributed by atoms with Gasteiger partial charge in [-0.3, -0.25) is 4.90 Å². The topological polar surface area (TPSA) is 47.4 Å². The van der Waals surface area contributed by atoms with Crippen molar-refractivity contribution in [2.75, 3.05) is 6.61 Å². The minimum Gasteiger partial charge on any atom is -0.447 e. The fraction of sp³-hybridized carbons (Fsp3) is 0.692. The molecule has 0 bridgehead atoms. The van der Waals surface area contributed by atoms with E-state index in [1.54, 1.807) is 0 Å². The van der Waals surface area contributed by atoms with E-state index in [0.717, 1.165) is 5.82 Å². The molecule has 98 valence electrons. The molecule has 1 atom stereocenters. The van der Waals surface area contributed by atoms with Crippen LogP contribution in [0.5, 0.6) is 0 Å². The first kappa shape index (κ1) is 11.6. The molecule has 2 aliphatic rings. The van der Waals surface area contributed by atoms with Crippen molar-refractivity contribution in [1.29, 1.82) is 0 Å². The van der Waals surface area contributed by atoms with Crippen molar-refractivity contribution in [3.8, 4) is 0 Å². The zero-order chi connectivity index (χ0) is 12.7. The molecule has 0 radical (unpaired) electrons. The fourth-order valence-electron chi connectivity index (χ4n) is 2.50. The number of carbonyl (C=O) groups is 1. The number of aromatic nitrogens is 2. The molecule has 1 saturated heterocycles. The highest BCUT2D eigenvalue weighted by Gasteiger charge is 2.36. The molecule has 1 aliphatic carbocycles. The maximum atomic E-state index is 11.8. The van der Waals surface area contributed by atoms with Gasteiger partial charge in [-0.15, -0.1) is 0 Å². The molecule has 5 heteroatoms. The summed E-state index contributed by atoms with van der Waals surface area (Å²) < 4.78 is 7.35. The Kier molecular flexibility index (Phi) is 2.76. The normalized spacial score (nSPS) is 23.8. The summed E-state index contributed by atoms with van der Waals surface area (Å²) in [5.74, 6) is 1.38. The van der Waals surface area contributed by atoms with E-state index in [1.807, 2.05) is 17.3 Å². The quantitative estimate of drug-likeness (QED) is 0.821. The van der Waals surface area contributed by atoms with Crippen molar-refractivity contribution in [3.63, 3.8) is 0 Å². The number of carbonyl (C=O) groups excluding carboxylic acids is 1. The Morgan fingerprint density at radius 1 is 1.50 bits per heavy atom. The van der Waals surface area contributed by atoms with Crippen LogP contribution in [0.1, 0.15) is 38.6 Å². The van der Waals surface area contributed by atoms with E-state index in [4.69, 9.17) is 4.74 Å². The fourth-order valence-corrected chi connectivity index (χ4v) is 2.50. The first-order valence-electron chi connectivity index (χ1n) is 6.62. The van der Waals surface area contributed by atoms with E-state index in [9.17, 15) is 4.79 Å². The van der Waals surface area contributed by atoms with Crippen LogP contribution in [0.2, 0.25) is 0 Å². The van der Waals surface area contributed by atoms with Gasteiger partial charge in [-0.2, -0.15) is 0 Å². The van der Waals surface area contributed by atoms with Gasteiger partial charge in [0.1, 0.15) is 12.4 Å². The molecule has 0 spiro atoms. The lowest BCUT2D eigenvalue weighted by atomic mass is 10.0. The lowest BCUT2D eigenvalue weighted by molar-refractivity contribution is 0.153. The highest BCUT2D eigenvalue weighted by Crippen LogP contribution is 2.36. The molecule has 1 amide bonds. The van der Waals surface area contributed by atoms with E-state index in [-0.39, 0.29) is 12.1 Å². The Balaban J connectivity index is 1.77. The number of amides is 1. The van der Waals surface area contributed by atoms with Gasteiger partial charge >= 0.3 is 6.09 Å². The Bertz CT molecular complexity index is 451. The minimum atomic E-state index is -0.209. The third kappa shape index (κ3) is 1.98. The predicted molar refractivity (Wildman–Crippen MR) is 66.0 cm³/mol. The lowest BCUT2D eigenvalue weighted by Gasteiger charge is -2.24. The zero-order valence-corrected chi connectivity index (χ0v) is 10.9. The Morgan fingerprint density at radius 3 is 2.94 bits per heavy atom. The number of ether oxygens (including phenoxy) is 1. The number of rotatable bonds is 4. The molecule has 18 heavy (non-hydrogen) atoms. The van der Waals surface area contributed by atoms with Crippen molar-refractivity contribution < 1.29 is 9.53 Å². The van der Waals surface area contributed by atoms with Crippen molar-refractivity contribution in [2.24, 2.45) is 5.92 Å². The van der Waals surface area contributed by atoms with Crippen LogP contribution < -0.4 is 0 Å². The third-order valence-corrected chi connectivity index (χ3v) is 3.78. The molecule has 3 rings (SSSR count). The van der Waals surface area contributed by atoms with Crippen molar-refractivity contribution in [2.45, 2.75) is 45.3 Å². The maximum Gasteiger partial charge on any atom is 0.410 e. The first-order valence-corrected chi connectivity index (χ1v) is 6.62. The van der Waals surface area contributed by atoms with Crippen molar-refractivity contribution in [3.05, 3.63) is 18.2 Å². The van der Waals surface area contributed by atoms with Gasteiger partial charge in [0.15, 0.2) is 0 Å². The highest BCUT2D eigenvalue weighted by molar-refractivity contribution is 5.70. The molecule has 0 aromatic carbocycles. The summed E-state index contributed by atoms with van der Waals surface area (Å²) in [4.78, 5) is 18.0. The van der Waals surface area contributed by atoms with Crippen molar-refractivity contribution in [1.82, 2.24) is 14.5 Å². The first-order chi connectivity index (χ1) is 8.66. The van der Waals surface area contributed by atoms with Crippen LogP contribution in [0.15, 0.2) is 12.4 Å². The van der Waals surface area contributed by atoms with Crippen LogP contribution in [0.4, 0.5) is 4.79 Å². The molecule has 2 fully saturated rings. The molecule has 0 unspecified atom stereocenters. The van der Waals surface area contributed by atoms with Gasteiger partial charge in [0.25, 0.3) is 0 Å². The van der Waals surface area contributed by atoms with Gasteiger partial charge in [0.2, 0.25) is 0 Å². The number of hydrogen-bond acceptors (Lipinski definition) is 3. The predicted octanol–water partition coefficient (Wildman–Crippen LogP) is 2.19. The maximum absolute atomic E-state index is 11.8. The summed E-state index contributed by atoms with van der Waals surface area (Å²) in [6.07, 6.45) is 6.07. The summed E-state index contributed by atoms with van der Waals surface area (Å²) in [6, 6.07) is 0.764. The molecule has 1 aromatic rings. The summed E-state index contributed by atoms with van der Waals surface area (Å²) in [5, 5.41) is 0. The van der Waals surface area contributed by atoms with Gasteiger partial charge < -0.3 is 9.30 Å². The van der Waals surface area contributed by atoms with Crippen LogP contribution in [0.3, 0.4) is 0 Å². The molecule has 0 N–H and O–H groups in total. The number of hydrogen-bond donors (Lipinski definition) is 0. The van der Waals surface area contributed by atoms with Crippen LogP contribution in [0.25, 0.3) is 0 Å². The van der Waals surface area contributed by atoms with E-state index >= 15 is 0 Å². The molecular weight excluding hydrogens is 230 g/mol. The monoisotopic (exact) mass is 249 g/mol. The molecule has 5 nitrogen and oxygen atoms in total. The van der Waals surface area contributed by atoms with E-state index in [2.05, 4.69) is 23.4 Å². The van der Waals surface area contributed by atoms with Crippen LogP contribution in [0, 0.1) is 5.92 Å². The van der Waals surface area contributed by atoms with E-state index in [0.29, 0.717) is 25.1 Å². The molecule has 1 saturated carbocycles. The summed E-state index contributed by atoms with van der Waals surface area (Å²) in [6.45, 7) is 5.30. The van der Waals surface area contributed by atoms with E-state index in [1.165, 1.54) is 12.8 Å². The van der Waals surface area contributed by atoms with Crippen molar-refractivity contribution >= 4 is 6.09 Å². The molecule has 1 aliphatic heterocycles. The standard InChI is InChI=1S/C13H19N3O2/c1-9(2)11-8-18-13(17)16(11)7-12-14-5-6-15(12)10-3-4-10/h5-6,9-11H,3-4,7-8H2,1-2H3/t11-/m1/s1. The van der Waals surface area contributed by atoms with Crippen LogP contribution in [-0.4, -0.2) is 33.2 Å². The Morgan fingerprint density at radius 2 is 2.28 bits per heavy atom. The van der Waals surface area contributed by atoms with Crippen LogP contribution >= 0.6 is 0 Å². The number of imidazole rings is 1. The summed E-state index contributed by atoms with van der Waals surface area (Å²) >= 11 is 0. The second-order valence-corrected chi connectivity index (χ2v) is 5.50. The zero-order valence-electron chi connectivity index (χ0n) is 10.9. The lowest BCUT2D eigenvalue weighted by Crippen LogP contribution is -2.37. The third-order valence-electron chi connectivity index (χ3n) is 3.78. The van der Waals surface area contributed by atoms with Gasteiger partial charge in [0.05, 0.1) is 12.6 Å². The van der Waals surface area contributed by atoms with E-state index < -0.39 is 0 Å². The van der Waals surface area contributed by atoms with Gasteiger partial charge in [0, 0.05) is 18.4 Å². The smallest absolute Gasteiger partial charge is 0.410 e. The van der Waals surface area contributed by atoms with Gasteiger partial charge in [-0.25, -0.2) is 9.78 Å². The average molecular weight is 249 g/mol. The minimum absolute atomic E-state index is 0.168.